The lowest BCUT2D eigenvalue weighted by Crippen LogP contribution is -2.61. The maximum Gasteiger partial charge on any atom is 0.264 e. The van der Waals surface area contributed by atoms with E-state index in [0.29, 0.717) is 24.1 Å². The first-order chi connectivity index (χ1) is 22.2. The average Bonchev–Trinajstić information content (AvgIpc) is 3.01. The number of benzene rings is 2. The summed E-state index contributed by atoms with van der Waals surface area (Å²) in [4.78, 5) is 42.9. The molecule has 0 saturated carbocycles. The topological polar surface area (TPSA) is 151 Å². The third-order valence-corrected chi connectivity index (χ3v) is 10.9. The molecule has 0 bridgehead atoms. The van der Waals surface area contributed by atoms with Crippen molar-refractivity contribution in [3.63, 3.8) is 0 Å². The first kappa shape index (κ1) is 38.7. The number of amides is 3. The number of nitrogen functional groups attached to an aromatic ring is 1. The standard InChI is InChI=1S/C37H55N5O5S/c1-23(2)29(22-24(3)33(43)41-48(46,47)30-21-20-28(38)26-18-14-15-19-27(26)30)42(10)35(45)32(36(4,5)6)40-34(44)31(39-9)37(7,8)25-16-12-11-13-17-25/h11-13,16-17,20-23,29,31-32,39H,14-15,18-19,38H2,1-10H3,(H,40,44)(H,41,43). The van der Waals surface area contributed by atoms with Crippen molar-refractivity contribution < 1.29 is 22.8 Å². The van der Waals surface area contributed by atoms with Crippen LogP contribution >= 0.6 is 0 Å². The summed E-state index contributed by atoms with van der Waals surface area (Å²) in [5.74, 6) is -1.55. The number of fused-ring (bicyclic) bond motifs is 1. The number of hydrogen-bond donors (Lipinski definition) is 4. The molecule has 2 aromatic rings. The molecule has 0 aromatic heterocycles. The Morgan fingerprint density at radius 2 is 1.50 bits per heavy atom. The number of carbonyl (C=O) groups excluding carboxylic acids is 3. The highest BCUT2D eigenvalue weighted by atomic mass is 32.2. The minimum absolute atomic E-state index is 0.0688. The Kier molecular flexibility index (Phi) is 12.3. The van der Waals surface area contributed by atoms with Crippen LogP contribution in [0.4, 0.5) is 5.69 Å². The molecule has 11 heteroatoms. The van der Waals surface area contributed by atoms with Gasteiger partial charge in [-0.1, -0.05) is 84.9 Å². The number of nitrogens with one attached hydrogen (secondary N) is 3. The highest BCUT2D eigenvalue weighted by Gasteiger charge is 2.41. The van der Waals surface area contributed by atoms with Crippen LogP contribution in [0.25, 0.3) is 0 Å². The summed E-state index contributed by atoms with van der Waals surface area (Å²) in [6, 6.07) is 10.7. The molecule has 0 radical (unpaired) electrons. The zero-order valence-corrected chi connectivity index (χ0v) is 31.0. The highest BCUT2D eigenvalue weighted by molar-refractivity contribution is 7.90. The van der Waals surface area contributed by atoms with E-state index in [1.807, 2.05) is 78.8 Å². The maximum atomic E-state index is 14.2. The largest absolute Gasteiger partial charge is 0.398 e. The molecule has 0 fully saturated rings. The second kappa shape index (κ2) is 15.2. The van der Waals surface area contributed by atoms with E-state index < -0.39 is 44.9 Å². The average molecular weight is 682 g/mol. The van der Waals surface area contributed by atoms with Gasteiger partial charge in [-0.2, -0.15) is 0 Å². The predicted molar refractivity (Wildman–Crippen MR) is 192 cm³/mol. The minimum atomic E-state index is -4.17. The van der Waals surface area contributed by atoms with Crippen LogP contribution in [-0.2, 0) is 42.7 Å². The maximum absolute atomic E-state index is 14.2. The molecular weight excluding hydrogens is 627 g/mol. The van der Waals surface area contributed by atoms with Crippen LogP contribution in [0, 0.1) is 11.3 Å². The molecule has 3 atom stereocenters. The fourth-order valence-electron chi connectivity index (χ4n) is 6.53. The fraction of sp³-hybridized carbons (Fsp3) is 0.541. The molecule has 0 saturated heterocycles. The number of nitrogens with two attached hydrogens (primary N) is 1. The van der Waals surface area contributed by atoms with Crippen molar-refractivity contribution >= 4 is 33.4 Å². The van der Waals surface area contributed by atoms with Gasteiger partial charge in [-0.25, -0.2) is 13.1 Å². The van der Waals surface area contributed by atoms with Crippen molar-refractivity contribution in [3.05, 3.63) is 70.8 Å². The van der Waals surface area contributed by atoms with Gasteiger partial charge < -0.3 is 21.3 Å². The van der Waals surface area contributed by atoms with Gasteiger partial charge in [0.1, 0.15) is 6.04 Å². The zero-order valence-electron chi connectivity index (χ0n) is 30.2. The molecule has 5 N–H and O–H groups in total. The summed E-state index contributed by atoms with van der Waals surface area (Å²) in [5.41, 5.74) is 8.07. The number of anilines is 1. The Morgan fingerprint density at radius 3 is 2.04 bits per heavy atom. The van der Waals surface area contributed by atoms with E-state index in [1.54, 1.807) is 26.2 Å². The number of hydrogen-bond acceptors (Lipinski definition) is 7. The quantitative estimate of drug-likeness (QED) is 0.191. The SMILES string of the molecule is CNC(C(=O)NC(C(=O)N(C)C(C=C(C)C(=O)NS(=O)(=O)c1ccc(N)c2c1CCCC2)C(C)C)C(C)(C)C)C(C)(C)c1ccccc1. The van der Waals surface area contributed by atoms with Gasteiger partial charge in [0, 0.05) is 23.7 Å². The minimum Gasteiger partial charge on any atom is -0.398 e. The van der Waals surface area contributed by atoms with E-state index in [4.69, 9.17) is 5.73 Å². The molecular formula is C37H55N5O5S. The molecule has 0 spiro atoms. The molecule has 264 valence electrons. The van der Waals surface area contributed by atoms with Gasteiger partial charge in [-0.3, -0.25) is 14.4 Å². The number of likely N-dealkylation sites (N-methyl/N-ethyl adjacent to an activating group) is 2. The second-order valence-electron chi connectivity index (χ2n) is 14.9. The van der Waals surface area contributed by atoms with Crippen molar-refractivity contribution in [2.45, 2.75) is 110 Å². The van der Waals surface area contributed by atoms with Gasteiger partial charge in [-0.15, -0.1) is 0 Å². The Morgan fingerprint density at radius 1 is 0.917 bits per heavy atom. The van der Waals surface area contributed by atoms with Gasteiger partial charge in [0.2, 0.25) is 11.8 Å². The summed E-state index contributed by atoms with van der Waals surface area (Å²) in [6.07, 6.45) is 4.66. The van der Waals surface area contributed by atoms with Crippen LogP contribution in [0.1, 0.15) is 84.9 Å². The Balaban J connectivity index is 1.85. The van der Waals surface area contributed by atoms with Crippen LogP contribution in [0.2, 0.25) is 0 Å². The van der Waals surface area contributed by atoms with Crippen LogP contribution in [0.3, 0.4) is 0 Å². The van der Waals surface area contributed by atoms with Crippen LogP contribution < -0.4 is 21.1 Å². The van der Waals surface area contributed by atoms with Gasteiger partial charge in [-0.05, 0) is 79.8 Å². The zero-order chi connectivity index (χ0) is 36.2. The molecule has 2 aromatic carbocycles. The first-order valence-electron chi connectivity index (χ1n) is 16.7. The molecule has 3 unspecified atom stereocenters. The Bertz CT molecular complexity index is 1630. The Hall–Kier alpha value is -3.70. The normalized spacial score (nSPS) is 16.0. The first-order valence-corrected chi connectivity index (χ1v) is 18.2. The molecule has 48 heavy (non-hydrogen) atoms. The van der Waals surface area contributed by atoms with Crippen molar-refractivity contribution in [1.82, 2.24) is 20.3 Å². The smallest absolute Gasteiger partial charge is 0.264 e. The number of sulfonamides is 1. The summed E-state index contributed by atoms with van der Waals surface area (Å²) in [5, 5.41) is 6.18. The predicted octanol–water partition coefficient (Wildman–Crippen LogP) is 4.48. The lowest BCUT2D eigenvalue weighted by molar-refractivity contribution is -0.140. The Labute approximate surface area is 287 Å². The van der Waals surface area contributed by atoms with Crippen LogP contribution in [-0.4, -0.2) is 63.3 Å². The van der Waals surface area contributed by atoms with E-state index in [-0.39, 0.29) is 28.2 Å². The van der Waals surface area contributed by atoms with Gasteiger partial charge in [0.25, 0.3) is 15.9 Å². The van der Waals surface area contributed by atoms with Gasteiger partial charge in [0.05, 0.1) is 17.0 Å². The van der Waals surface area contributed by atoms with E-state index in [0.717, 1.165) is 24.0 Å². The molecule has 3 amide bonds. The lowest BCUT2D eigenvalue weighted by Gasteiger charge is -2.40. The highest BCUT2D eigenvalue weighted by Crippen LogP contribution is 2.32. The monoisotopic (exact) mass is 681 g/mol. The number of rotatable bonds is 12. The van der Waals surface area contributed by atoms with Crippen LogP contribution in [0.15, 0.2) is 59.0 Å². The lowest BCUT2D eigenvalue weighted by atomic mass is 9.76. The molecule has 1 aliphatic rings. The molecule has 0 heterocycles. The fourth-order valence-corrected chi connectivity index (χ4v) is 7.85. The van der Waals surface area contributed by atoms with E-state index in [2.05, 4.69) is 15.4 Å². The van der Waals surface area contributed by atoms with E-state index in [9.17, 15) is 22.8 Å². The van der Waals surface area contributed by atoms with Crippen LogP contribution in [0.5, 0.6) is 0 Å². The van der Waals surface area contributed by atoms with Crippen molar-refractivity contribution in [2.75, 3.05) is 19.8 Å². The molecule has 0 aliphatic heterocycles. The van der Waals surface area contributed by atoms with Gasteiger partial charge in [0.15, 0.2) is 0 Å². The molecule has 3 rings (SSSR count). The summed E-state index contributed by atoms with van der Waals surface area (Å²) in [6.45, 7) is 15.0. The summed E-state index contributed by atoms with van der Waals surface area (Å²) < 4.78 is 29.1. The van der Waals surface area contributed by atoms with Crippen molar-refractivity contribution in [1.29, 1.82) is 0 Å². The second-order valence-corrected chi connectivity index (χ2v) is 16.6. The third kappa shape index (κ3) is 8.66. The molecule has 1 aliphatic carbocycles. The van der Waals surface area contributed by atoms with Crippen molar-refractivity contribution in [2.24, 2.45) is 11.3 Å². The molecule has 10 nitrogen and oxygen atoms in total. The summed E-state index contributed by atoms with van der Waals surface area (Å²) in [7, 11) is -0.808. The number of carbonyl (C=O) groups is 3. The summed E-state index contributed by atoms with van der Waals surface area (Å²) >= 11 is 0. The third-order valence-electron chi connectivity index (χ3n) is 9.49. The van der Waals surface area contributed by atoms with E-state index in [1.165, 1.54) is 17.9 Å². The number of nitrogens with zero attached hydrogens (tertiary/aromatic N) is 1. The van der Waals surface area contributed by atoms with E-state index >= 15 is 0 Å². The van der Waals surface area contributed by atoms with Crippen molar-refractivity contribution in [3.8, 4) is 0 Å². The van der Waals surface area contributed by atoms with Gasteiger partial charge >= 0.3 is 0 Å².